The summed E-state index contributed by atoms with van der Waals surface area (Å²) < 4.78 is 0. The zero-order valence-corrected chi connectivity index (χ0v) is 6.65. The Morgan fingerprint density at radius 2 is 1.36 bits per heavy atom. The standard InChI is InChI=1S/C2H3ClN2O2.CH2ClNO/c3-1(6)5-2(4)7;2-1(3)4/h(H3,4,5,6,7);(H2,3,4). The van der Waals surface area contributed by atoms with Crippen molar-refractivity contribution in [1.82, 2.24) is 5.32 Å². The molecule has 0 saturated heterocycles. The summed E-state index contributed by atoms with van der Waals surface area (Å²) in [7, 11) is 0. The van der Waals surface area contributed by atoms with Gasteiger partial charge < -0.3 is 11.5 Å². The summed E-state index contributed by atoms with van der Waals surface area (Å²) in [5.74, 6) is 0. The molecule has 6 nitrogen and oxygen atoms in total. The lowest BCUT2D eigenvalue weighted by Gasteiger charge is -1.85. The number of halogens is 2. The van der Waals surface area contributed by atoms with Gasteiger partial charge in [-0.2, -0.15) is 0 Å². The molecular weight excluding hydrogens is 197 g/mol. The van der Waals surface area contributed by atoms with E-state index in [1.54, 1.807) is 5.32 Å². The van der Waals surface area contributed by atoms with Gasteiger partial charge in [-0.3, -0.25) is 14.9 Å². The average Bonchev–Trinajstić information content (AvgIpc) is 1.56. The molecule has 0 bridgehead atoms. The lowest BCUT2D eigenvalue weighted by molar-refractivity contribution is 0.242. The number of amides is 4. The molecule has 0 aromatic heterocycles. The molecule has 0 atom stereocenters. The fourth-order valence-electron chi connectivity index (χ4n) is 0.0969. The third-order valence-electron chi connectivity index (χ3n) is 0.221. The first-order valence-electron chi connectivity index (χ1n) is 2.07. The highest BCUT2D eigenvalue weighted by Crippen LogP contribution is 1.72. The summed E-state index contributed by atoms with van der Waals surface area (Å²) in [6, 6.07) is -0.944. The van der Waals surface area contributed by atoms with Crippen LogP contribution in [0, 0.1) is 0 Å². The predicted molar refractivity (Wildman–Crippen MR) is 39.4 cm³/mol. The predicted octanol–water partition coefficient (Wildman–Crippen LogP) is 0.317. The van der Waals surface area contributed by atoms with Crippen LogP contribution >= 0.6 is 23.2 Å². The Morgan fingerprint density at radius 3 is 1.36 bits per heavy atom. The molecule has 0 unspecified atom stereocenters. The second kappa shape index (κ2) is 7.10. The average molecular weight is 202 g/mol. The maximum atomic E-state index is 9.62. The number of nitrogens with one attached hydrogen (secondary N) is 1. The summed E-state index contributed by atoms with van der Waals surface area (Å²) in [6.45, 7) is 0. The minimum Gasteiger partial charge on any atom is -0.356 e. The van der Waals surface area contributed by atoms with Crippen molar-refractivity contribution in [1.29, 1.82) is 0 Å². The maximum Gasteiger partial charge on any atom is 0.321 e. The number of imide groups is 1. The van der Waals surface area contributed by atoms with E-state index in [4.69, 9.17) is 4.79 Å². The smallest absolute Gasteiger partial charge is 0.321 e. The number of carbonyl (C=O) groups is 3. The minimum atomic E-state index is -0.965. The number of hydrogen-bond donors (Lipinski definition) is 3. The van der Waals surface area contributed by atoms with E-state index in [9.17, 15) is 9.59 Å². The molecule has 8 heteroatoms. The summed E-state index contributed by atoms with van der Waals surface area (Å²) in [5.41, 5.74) is 8.68. The number of primary amides is 2. The molecule has 0 aliphatic rings. The van der Waals surface area contributed by atoms with Gasteiger partial charge in [0.2, 0.25) is 0 Å². The highest BCUT2D eigenvalue weighted by atomic mass is 35.5. The number of nitrogens with two attached hydrogens (primary N) is 2. The van der Waals surface area contributed by atoms with E-state index in [0.717, 1.165) is 0 Å². The minimum absolute atomic E-state index is 0.861. The van der Waals surface area contributed by atoms with E-state index in [1.807, 2.05) is 0 Å². The van der Waals surface area contributed by atoms with Gasteiger partial charge in [0, 0.05) is 0 Å². The molecule has 0 aliphatic heterocycles. The summed E-state index contributed by atoms with van der Waals surface area (Å²) in [5, 5.41) is -0.255. The molecule has 0 radical (unpaired) electrons. The molecule has 0 aliphatic carbocycles. The van der Waals surface area contributed by atoms with E-state index >= 15 is 0 Å². The van der Waals surface area contributed by atoms with E-state index < -0.39 is 16.8 Å². The zero-order valence-electron chi connectivity index (χ0n) is 5.14. The lowest BCUT2D eigenvalue weighted by Crippen LogP contribution is -2.30. The van der Waals surface area contributed by atoms with Gasteiger partial charge in [-0.1, -0.05) is 0 Å². The van der Waals surface area contributed by atoms with Crippen LogP contribution in [0.4, 0.5) is 14.4 Å². The number of rotatable bonds is 0. The Bertz CT molecular complexity index is 155. The third kappa shape index (κ3) is 49.1. The van der Waals surface area contributed by atoms with Gasteiger partial charge in [0.05, 0.1) is 0 Å². The van der Waals surface area contributed by atoms with Gasteiger partial charge in [-0.25, -0.2) is 4.79 Å². The van der Waals surface area contributed by atoms with Gasteiger partial charge in [0.15, 0.2) is 0 Å². The summed E-state index contributed by atoms with van der Waals surface area (Å²) >= 11 is 9.04. The Labute approximate surface area is 71.8 Å². The molecule has 4 amide bonds. The molecule has 0 heterocycles. The number of carbonyl (C=O) groups excluding carboxylic acids is 3. The van der Waals surface area contributed by atoms with Crippen LogP contribution in [-0.4, -0.2) is 16.8 Å². The molecule has 64 valence electrons. The van der Waals surface area contributed by atoms with Crippen LogP contribution in [0.3, 0.4) is 0 Å². The van der Waals surface area contributed by atoms with Crippen molar-refractivity contribution in [3.05, 3.63) is 0 Å². The SMILES string of the molecule is NC(=O)Cl.NC(=O)NC(=O)Cl. The number of urea groups is 1. The van der Waals surface area contributed by atoms with E-state index in [-0.39, 0.29) is 0 Å². The van der Waals surface area contributed by atoms with E-state index in [0.29, 0.717) is 0 Å². The third-order valence-corrected chi connectivity index (χ3v) is 0.316. The monoisotopic (exact) mass is 201 g/mol. The van der Waals surface area contributed by atoms with Crippen molar-refractivity contribution in [2.45, 2.75) is 0 Å². The van der Waals surface area contributed by atoms with Crippen LogP contribution in [0.25, 0.3) is 0 Å². The topological polar surface area (TPSA) is 115 Å². The van der Waals surface area contributed by atoms with Crippen molar-refractivity contribution in [3.63, 3.8) is 0 Å². The summed E-state index contributed by atoms with van der Waals surface area (Å²) in [6.07, 6.45) is 0. The lowest BCUT2D eigenvalue weighted by atomic mass is 11.0. The molecule has 5 N–H and O–H groups in total. The van der Waals surface area contributed by atoms with Crippen LogP contribution in [0.2, 0.25) is 0 Å². The van der Waals surface area contributed by atoms with E-state index in [1.165, 1.54) is 0 Å². The van der Waals surface area contributed by atoms with Crippen LogP contribution in [-0.2, 0) is 0 Å². The number of hydrogen-bond acceptors (Lipinski definition) is 3. The largest absolute Gasteiger partial charge is 0.356 e. The Kier molecular flexibility index (Phi) is 8.16. The molecule has 0 fully saturated rings. The molecular formula is C3H5Cl2N3O3. The van der Waals surface area contributed by atoms with Gasteiger partial charge >= 0.3 is 16.8 Å². The highest BCUT2D eigenvalue weighted by molar-refractivity contribution is 6.64. The van der Waals surface area contributed by atoms with Gasteiger partial charge in [0.1, 0.15) is 0 Å². The first kappa shape index (κ1) is 12.6. The van der Waals surface area contributed by atoms with Gasteiger partial charge in [-0.15, -0.1) is 0 Å². The Morgan fingerprint density at radius 1 is 1.09 bits per heavy atom. The van der Waals surface area contributed by atoms with Crippen LogP contribution < -0.4 is 16.8 Å². The van der Waals surface area contributed by atoms with Crippen molar-refractivity contribution >= 4 is 40.0 Å². The molecule has 0 rings (SSSR count). The van der Waals surface area contributed by atoms with Crippen molar-refractivity contribution in [2.75, 3.05) is 0 Å². The van der Waals surface area contributed by atoms with Crippen molar-refractivity contribution < 1.29 is 14.4 Å². The van der Waals surface area contributed by atoms with Crippen LogP contribution in [0.5, 0.6) is 0 Å². The second-order valence-electron chi connectivity index (χ2n) is 1.07. The van der Waals surface area contributed by atoms with Crippen LogP contribution in [0.15, 0.2) is 0 Å². The fraction of sp³-hybridized carbons (Fsp3) is 0. The highest BCUT2D eigenvalue weighted by Gasteiger charge is 1.94. The second-order valence-corrected chi connectivity index (χ2v) is 1.78. The van der Waals surface area contributed by atoms with Crippen molar-refractivity contribution in [2.24, 2.45) is 11.5 Å². The molecule has 0 spiro atoms. The molecule has 0 aromatic rings. The van der Waals surface area contributed by atoms with Gasteiger partial charge in [-0.05, 0) is 23.2 Å². The molecule has 0 saturated carbocycles. The van der Waals surface area contributed by atoms with E-state index in [2.05, 4.69) is 34.7 Å². The first-order valence-corrected chi connectivity index (χ1v) is 2.82. The summed E-state index contributed by atoms with van der Waals surface area (Å²) in [4.78, 5) is 28.2. The first-order chi connectivity index (χ1) is 4.86. The molecule has 11 heavy (non-hydrogen) atoms. The van der Waals surface area contributed by atoms with Crippen LogP contribution in [0.1, 0.15) is 0 Å². The fourth-order valence-corrected chi connectivity index (χ4v) is 0.190. The van der Waals surface area contributed by atoms with Gasteiger partial charge in [0.25, 0.3) is 0 Å². The quantitative estimate of drug-likeness (QED) is 0.387. The zero-order chi connectivity index (χ0) is 9.44. The molecule has 0 aromatic carbocycles. The normalized spacial score (nSPS) is 7.09. The Hall–Kier alpha value is -1.01. The Balaban J connectivity index is 0. The van der Waals surface area contributed by atoms with Crippen molar-refractivity contribution in [3.8, 4) is 0 Å². The maximum absolute atomic E-state index is 9.62.